The van der Waals surface area contributed by atoms with Crippen molar-refractivity contribution in [3.63, 3.8) is 0 Å². The maximum atomic E-state index is 13.0. The van der Waals surface area contributed by atoms with Gasteiger partial charge in [0, 0.05) is 18.8 Å². The molecule has 0 bridgehead atoms. The first kappa shape index (κ1) is 28.4. The molecule has 15 heteroatoms. The summed E-state index contributed by atoms with van der Waals surface area (Å²) in [5.74, 6) is 0.0425. The fourth-order valence-corrected chi connectivity index (χ4v) is 4.83. The van der Waals surface area contributed by atoms with Crippen LogP contribution in [0.15, 0.2) is 36.7 Å². The van der Waals surface area contributed by atoms with Gasteiger partial charge in [-0.2, -0.15) is 8.42 Å². The lowest BCUT2D eigenvalue weighted by molar-refractivity contribution is -0.131. The van der Waals surface area contributed by atoms with Crippen molar-refractivity contribution in [3.8, 4) is 11.4 Å². The molecule has 0 saturated heterocycles. The number of hydrogen-bond acceptors (Lipinski definition) is 10. The van der Waals surface area contributed by atoms with Crippen LogP contribution in [0, 0.1) is 5.41 Å². The smallest absolute Gasteiger partial charge is 0.413 e. The number of pyridine rings is 2. The van der Waals surface area contributed by atoms with Gasteiger partial charge in [0.2, 0.25) is 5.91 Å². The van der Waals surface area contributed by atoms with Gasteiger partial charge in [0.05, 0.1) is 35.9 Å². The molecule has 0 aromatic carbocycles. The van der Waals surface area contributed by atoms with E-state index < -0.39 is 27.7 Å². The number of amides is 2. The quantitative estimate of drug-likeness (QED) is 0.268. The van der Waals surface area contributed by atoms with Gasteiger partial charge in [0.25, 0.3) is 10.1 Å². The molecule has 1 aliphatic rings. The van der Waals surface area contributed by atoms with Crippen molar-refractivity contribution in [2.24, 2.45) is 12.5 Å². The van der Waals surface area contributed by atoms with Gasteiger partial charge in [-0.3, -0.25) is 19.3 Å². The average Bonchev–Trinajstić information content (AvgIpc) is 3.20. The van der Waals surface area contributed by atoms with Gasteiger partial charge in [-0.15, -0.1) is 5.10 Å². The molecule has 3 aromatic heterocycles. The van der Waals surface area contributed by atoms with Crippen molar-refractivity contribution >= 4 is 45.2 Å². The number of hydrogen-bond donors (Lipinski definition) is 2. The molecule has 2 amide bonds. The fraction of sp³-hybridized carbons (Fsp3) is 0.417. The molecule has 0 unspecified atom stereocenters. The number of ether oxygens (including phenoxy) is 1. The van der Waals surface area contributed by atoms with Crippen molar-refractivity contribution in [2.75, 3.05) is 23.5 Å². The van der Waals surface area contributed by atoms with Crippen LogP contribution in [0.5, 0.6) is 0 Å². The van der Waals surface area contributed by atoms with Crippen LogP contribution in [0.1, 0.15) is 44.3 Å². The molecule has 1 atom stereocenters. The van der Waals surface area contributed by atoms with E-state index in [-0.39, 0.29) is 23.5 Å². The predicted molar refractivity (Wildman–Crippen MR) is 142 cm³/mol. The Hall–Kier alpha value is -3.62. The molecule has 39 heavy (non-hydrogen) atoms. The molecule has 13 nitrogen and oxygen atoms in total. The van der Waals surface area contributed by atoms with Crippen molar-refractivity contribution in [1.29, 1.82) is 0 Å². The summed E-state index contributed by atoms with van der Waals surface area (Å²) in [5.41, 5.74) is 1.04. The summed E-state index contributed by atoms with van der Waals surface area (Å²) in [7, 11) is -1.97. The summed E-state index contributed by atoms with van der Waals surface area (Å²) in [6, 6.07) is 6.70. The number of aromatic nitrogens is 5. The summed E-state index contributed by atoms with van der Waals surface area (Å²) in [6.07, 6.45) is 5.05. The molecular weight excluding hydrogens is 550 g/mol. The maximum Gasteiger partial charge on any atom is 0.413 e. The molecule has 4 rings (SSSR count). The second-order valence-corrected chi connectivity index (χ2v) is 11.3. The monoisotopic (exact) mass is 577 g/mol. The largest absolute Gasteiger partial charge is 0.441 e. The highest BCUT2D eigenvalue weighted by atomic mass is 35.5. The zero-order valence-electron chi connectivity index (χ0n) is 21.5. The third-order valence-electron chi connectivity index (χ3n) is 6.49. The second-order valence-electron chi connectivity index (χ2n) is 9.26. The van der Waals surface area contributed by atoms with Crippen LogP contribution in [-0.2, 0) is 30.9 Å². The topological polar surface area (TPSA) is 167 Å². The number of halogens is 1. The molecular formula is C24H28ClN7O6S. The number of nitrogens with zero attached hydrogens (tertiary/aromatic N) is 5. The molecule has 0 radical (unpaired) electrons. The van der Waals surface area contributed by atoms with Gasteiger partial charge in [-0.05, 0) is 44.4 Å². The number of nitrogens with one attached hydrogen (secondary N) is 2. The van der Waals surface area contributed by atoms with E-state index in [9.17, 15) is 18.0 Å². The van der Waals surface area contributed by atoms with Crippen LogP contribution in [0.4, 0.5) is 16.3 Å². The summed E-state index contributed by atoms with van der Waals surface area (Å²) >= 11 is 6.09. The number of anilines is 2. The van der Waals surface area contributed by atoms with E-state index in [4.69, 9.17) is 20.5 Å². The van der Waals surface area contributed by atoms with Gasteiger partial charge in [-0.1, -0.05) is 29.3 Å². The number of rotatable bonds is 10. The minimum Gasteiger partial charge on any atom is -0.441 e. The van der Waals surface area contributed by atoms with E-state index in [2.05, 4.69) is 30.9 Å². The molecule has 3 heterocycles. The molecule has 3 aromatic rings. The zero-order valence-corrected chi connectivity index (χ0v) is 23.1. The summed E-state index contributed by atoms with van der Waals surface area (Å²) in [6.45, 7) is 1.62. The van der Waals surface area contributed by atoms with E-state index in [0.29, 0.717) is 41.9 Å². The molecule has 2 N–H and O–H groups in total. The second kappa shape index (κ2) is 11.6. The highest BCUT2D eigenvalue weighted by Gasteiger charge is 2.44. The van der Waals surface area contributed by atoms with Crippen LogP contribution in [0.25, 0.3) is 11.4 Å². The van der Waals surface area contributed by atoms with Crippen molar-refractivity contribution in [3.05, 3.63) is 47.4 Å². The van der Waals surface area contributed by atoms with Gasteiger partial charge >= 0.3 is 6.09 Å². The third-order valence-corrected chi connectivity index (χ3v) is 7.40. The van der Waals surface area contributed by atoms with Crippen LogP contribution in [0.3, 0.4) is 0 Å². The van der Waals surface area contributed by atoms with Crippen molar-refractivity contribution < 1.29 is 26.9 Å². The Labute approximate surface area is 230 Å². The Morgan fingerprint density at radius 1 is 1.21 bits per heavy atom. The van der Waals surface area contributed by atoms with Crippen LogP contribution in [-0.4, -0.2) is 58.2 Å². The maximum absolute atomic E-state index is 13.0. The van der Waals surface area contributed by atoms with Crippen LogP contribution < -0.4 is 10.6 Å². The first-order valence-electron chi connectivity index (χ1n) is 12.1. The summed E-state index contributed by atoms with van der Waals surface area (Å²) in [5, 5.41) is 13.8. The van der Waals surface area contributed by atoms with E-state index in [1.807, 2.05) is 0 Å². The predicted octanol–water partition coefficient (Wildman–Crippen LogP) is 3.71. The third kappa shape index (κ3) is 6.88. The first-order chi connectivity index (χ1) is 18.5. The number of carbonyl (C=O) groups excluding carboxylic acids is 2. The number of carbonyl (C=O) groups is 2. The summed E-state index contributed by atoms with van der Waals surface area (Å²) in [4.78, 5) is 33.9. The Bertz CT molecular complexity index is 1460. The minimum atomic E-state index is -3.57. The lowest BCUT2D eigenvalue weighted by Crippen LogP contribution is -2.43. The van der Waals surface area contributed by atoms with E-state index in [1.165, 1.54) is 10.9 Å². The Kier molecular flexibility index (Phi) is 8.47. The highest BCUT2D eigenvalue weighted by Crippen LogP contribution is 2.45. The molecule has 0 aliphatic heterocycles. The first-order valence-corrected chi connectivity index (χ1v) is 14.3. The molecule has 0 spiro atoms. The number of aryl methyl sites for hydroxylation is 1. The van der Waals surface area contributed by atoms with Gasteiger partial charge in [-0.25, -0.2) is 14.5 Å². The Balaban J connectivity index is 1.40. The van der Waals surface area contributed by atoms with Crippen molar-refractivity contribution in [1.82, 2.24) is 25.0 Å². The molecule has 1 fully saturated rings. The molecule has 1 saturated carbocycles. The van der Waals surface area contributed by atoms with E-state index in [1.54, 1.807) is 44.4 Å². The van der Waals surface area contributed by atoms with Gasteiger partial charge < -0.3 is 10.1 Å². The lowest BCUT2D eigenvalue weighted by atomic mass is 9.66. The Morgan fingerprint density at radius 2 is 1.97 bits per heavy atom. The highest BCUT2D eigenvalue weighted by molar-refractivity contribution is 7.85. The van der Waals surface area contributed by atoms with Crippen molar-refractivity contribution in [2.45, 2.75) is 38.7 Å². The van der Waals surface area contributed by atoms with Gasteiger partial charge in [0.1, 0.15) is 11.3 Å². The lowest BCUT2D eigenvalue weighted by Gasteiger charge is -2.40. The SMILES string of the molecule is C[C@@H](OC(=O)Nc1c(-c2ccc(NC(=O)C3(CCOS(C)(=O)=O)CCC3)cn2)nnn1C)c1cccnc1Cl. The van der Waals surface area contributed by atoms with E-state index in [0.717, 1.165) is 12.7 Å². The molecule has 208 valence electrons. The normalized spacial score (nSPS) is 15.2. The average molecular weight is 578 g/mol. The minimum absolute atomic E-state index is 0.0532. The summed E-state index contributed by atoms with van der Waals surface area (Å²) < 4.78 is 34.2. The molecule has 1 aliphatic carbocycles. The zero-order chi connectivity index (χ0) is 28.2. The van der Waals surface area contributed by atoms with Crippen LogP contribution >= 0.6 is 11.6 Å². The van der Waals surface area contributed by atoms with Crippen LogP contribution in [0.2, 0.25) is 5.15 Å². The Morgan fingerprint density at radius 3 is 2.59 bits per heavy atom. The van der Waals surface area contributed by atoms with E-state index >= 15 is 0 Å². The fourth-order valence-electron chi connectivity index (χ4n) is 4.18. The van der Waals surface area contributed by atoms with Gasteiger partial charge in [0.15, 0.2) is 11.5 Å². The standard InChI is InChI=1S/C24H28ClN7O6S/c1-15(17-6-4-12-26-20(17)25)38-23(34)29-21-19(30-31-32(21)2)18-8-7-16(14-27-18)28-22(33)24(9-5-10-24)11-13-37-39(3,35)36/h4,6-8,12,14-15H,5,9-11,13H2,1-3H3,(H,28,33)(H,29,34)/t15-/m1/s1.